The molecule has 0 unspecified atom stereocenters. The van der Waals surface area contributed by atoms with Gasteiger partial charge in [0.2, 0.25) is 5.91 Å². The Kier molecular flexibility index (Phi) is 5.48. The van der Waals surface area contributed by atoms with Gasteiger partial charge in [-0.05, 0) is 43.5 Å². The number of nitrogens with one attached hydrogen (secondary N) is 1. The minimum atomic E-state index is -3.52. The fraction of sp³-hybridized carbons (Fsp3) is 0.353. The predicted octanol–water partition coefficient (Wildman–Crippen LogP) is 3.75. The number of halogens is 1. The molecule has 134 valence electrons. The Balaban J connectivity index is 1.62. The van der Waals surface area contributed by atoms with Gasteiger partial charge in [-0.25, -0.2) is 8.42 Å². The molecular formula is C17H19ClN2O3S2. The molecule has 1 N–H and O–H groups in total. The second-order valence-electron chi connectivity index (χ2n) is 6.04. The van der Waals surface area contributed by atoms with Crippen LogP contribution in [0.2, 0.25) is 4.34 Å². The number of carbonyl (C=O) groups is 1. The van der Waals surface area contributed by atoms with Crippen LogP contribution in [0.15, 0.2) is 40.6 Å². The summed E-state index contributed by atoms with van der Waals surface area (Å²) in [5.74, 6) is -0.233. The van der Waals surface area contributed by atoms with Gasteiger partial charge in [-0.15, -0.1) is 11.3 Å². The fourth-order valence-electron chi connectivity index (χ4n) is 2.87. The molecule has 1 aliphatic heterocycles. The Hall–Kier alpha value is -1.41. The molecule has 0 bridgehead atoms. The van der Waals surface area contributed by atoms with E-state index in [1.807, 2.05) is 31.2 Å². The van der Waals surface area contributed by atoms with Crippen LogP contribution in [0.3, 0.4) is 0 Å². The lowest BCUT2D eigenvalue weighted by Crippen LogP contribution is -2.41. The zero-order valence-electron chi connectivity index (χ0n) is 13.7. The van der Waals surface area contributed by atoms with Crippen molar-refractivity contribution in [2.24, 2.45) is 5.92 Å². The van der Waals surface area contributed by atoms with Gasteiger partial charge < -0.3 is 5.32 Å². The van der Waals surface area contributed by atoms with Crippen molar-refractivity contribution in [2.45, 2.75) is 24.0 Å². The number of piperidine rings is 1. The molecule has 1 aromatic heterocycles. The molecule has 1 amide bonds. The van der Waals surface area contributed by atoms with Crippen LogP contribution in [0.25, 0.3) is 0 Å². The quantitative estimate of drug-likeness (QED) is 0.852. The Morgan fingerprint density at radius 2 is 1.88 bits per heavy atom. The lowest BCUT2D eigenvalue weighted by atomic mass is 9.97. The SMILES string of the molecule is Cc1ccccc1NC(=O)C1CCN(S(=O)(=O)c2ccc(Cl)s2)CC1. The Morgan fingerprint density at radius 1 is 1.20 bits per heavy atom. The average Bonchev–Trinajstić information content (AvgIpc) is 3.04. The summed E-state index contributed by atoms with van der Waals surface area (Å²) in [6.45, 7) is 2.62. The number of aryl methyl sites for hydroxylation is 1. The summed E-state index contributed by atoms with van der Waals surface area (Å²) < 4.78 is 27.3. The standard InChI is InChI=1S/C17H19ClN2O3S2/c1-12-4-2-3-5-14(12)19-17(21)13-8-10-20(11-9-13)25(22,23)16-7-6-15(18)24-16/h2-7,13H,8-11H2,1H3,(H,19,21). The molecule has 25 heavy (non-hydrogen) atoms. The van der Waals surface area contributed by atoms with Crippen molar-refractivity contribution in [1.29, 1.82) is 0 Å². The third-order valence-electron chi connectivity index (χ3n) is 4.37. The summed E-state index contributed by atoms with van der Waals surface area (Å²) in [6.07, 6.45) is 1.02. The lowest BCUT2D eigenvalue weighted by Gasteiger charge is -2.30. The zero-order valence-corrected chi connectivity index (χ0v) is 16.1. The first-order valence-electron chi connectivity index (χ1n) is 8.00. The molecule has 0 spiro atoms. The molecule has 3 rings (SSSR count). The van der Waals surface area contributed by atoms with Gasteiger partial charge in [0.15, 0.2) is 0 Å². The van der Waals surface area contributed by atoms with Crippen LogP contribution in [0.1, 0.15) is 18.4 Å². The van der Waals surface area contributed by atoms with E-state index in [1.54, 1.807) is 6.07 Å². The summed E-state index contributed by atoms with van der Waals surface area (Å²) >= 11 is 6.90. The first kappa shape index (κ1) is 18.4. The van der Waals surface area contributed by atoms with Gasteiger partial charge in [-0.2, -0.15) is 4.31 Å². The molecule has 2 heterocycles. The molecular weight excluding hydrogens is 380 g/mol. The number of anilines is 1. The summed E-state index contributed by atoms with van der Waals surface area (Å²) in [5.41, 5.74) is 1.81. The molecule has 0 radical (unpaired) electrons. The van der Waals surface area contributed by atoms with E-state index in [0.717, 1.165) is 22.6 Å². The van der Waals surface area contributed by atoms with Crippen molar-refractivity contribution in [3.8, 4) is 0 Å². The zero-order chi connectivity index (χ0) is 18.0. The van der Waals surface area contributed by atoms with Gasteiger partial charge in [-0.3, -0.25) is 4.79 Å². The van der Waals surface area contributed by atoms with Crippen LogP contribution in [-0.4, -0.2) is 31.7 Å². The topological polar surface area (TPSA) is 66.5 Å². The molecule has 0 saturated carbocycles. The van der Waals surface area contributed by atoms with Crippen LogP contribution in [0.4, 0.5) is 5.69 Å². The number of thiophene rings is 1. The fourth-order valence-corrected chi connectivity index (χ4v) is 5.98. The third kappa shape index (κ3) is 4.06. The van der Waals surface area contributed by atoms with Crippen LogP contribution in [0.5, 0.6) is 0 Å². The second-order valence-corrected chi connectivity index (χ2v) is 9.92. The van der Waals surface area contributed by atoms with Crippen LogP contribution in [0, 0.1) is 12.8 Å². The highest BCUT2D eigenvalue weighted by Gasteiger charge is 2.33. The van der Waals surface area contributed by atoms with E-state index in [4.69, 9.17) is 11.6 Å². The van der Waals surface area contributed by atoms with E-state index in [2.05, 4.69) is 5.32 Å². The van der Waals surface area contributed by atoms with E-state index in [0.29, 0.717) is 30.3 Å². The number of hydrogen-bond acceptors (Lipinski definition) is 4. The molecule has 2 aromatic rings. The molecule has 0 aliphatic carbocycles. The second kappa shape index (κ2) is 7.45. The Bertz CT molecular complexity index is 872. The monoisotopic (exact) mass is 398 g/mol. The average molecular weight is 399 g/mol. The van der Waals surface area contributed by atoms with Crippen molar-refractivity contribution in [3.05, 3.63) is 46.3 Å². The van der Waals surface area contributed by atoms with Crippen molar-refractivity contribution >= 4 is 44.6 Å². The Labute approximate surface area is 156 Å². The number of hydrogen-bond donors (Lipinski definition) is 1. The maximum Gasteiger partial charge on any atom is 0.252 e. The number of para-hydroxylation sites is 1. The Morgan fingerprint density at radius 3 is 2.48 bits per heavy atom. The highest BCUT2D eigenvalue weighted by molar-refractivity contribution is 7.91. The minimum Gasteiger partial charge on any atom is -0.326 e. The third-order valence-corrected chi connectivity index (χ3v) is 7.97. The van der Waals surface area contributed by atoms with Gasteiger partial charge in [-0.1, -0.05) is 29.8 Å². The predicted molar refractivity (Wildman–Crippen MR) is 101 cm³/mol. The van der Waals surface area contributed by atoms with E-state index in [1.165, 1.54) is 10.4 Å². The molecule has 1 fully saturated rings. The normalized spacial score (nSPS) is 16.7. The maximum absolute atomic E-state index is 12.6. The highest BCUT2D eigenvalue weighted by Crippen LogP contribution is 2.31. The molecule has 0 atom stereocenters. The van der Waals surface area contributed by atoms with E-state index in [-0.39, 0.29) is 16.0 Å². The van der Waals surface area contributed by atoms with E-state index >= 15 is 0 Å². The minimum absolute atomic E-state index is 0.0504. The summed E-state index contributed by atoms with van der Waals surface area (Å²) in [4.78, 5) is 12.5. The molecule has 1 aromatic carbocycles. The first-order chi connectivity index (χ1) is 11.9. The van der Waals surface area contributed by atoms with Gasteiger partial charge in [0.1, 0.15) is 4.21 Å². The van der Waals surface area contributed by atoms with Crippen LogP contribution < -0.4 is 5.32 Å². The molecule has 1 aliphatic rings. The number of benzene rings is 1. The molecule has 1 saturated heterocycles. The number of carbonyl (C=O) groups excluding carboxylic acids is 1. The van der Waals surface area contributed by atoms with Crippen molar-refractivity contribution in [1.82, 2.24) is 4.31 Å². The first-order valence-corrected chi connectivity index (χ1v) is 10.6. The largest absolute Gasteiger partial charge is 0.326 e. The van der Waals surface area contributed by atoms with Crippen molar-refractivity contribution in [3.63, 3.8) is 0 Å². The number of sulfonamides is 1. The van der Waals surface area contributed by atoms with Gasteiger partial charge >= 0.3 is 0 Å². The number of amides is 1. The van der Waals surface area contributed by atoms with E-state index in [9.17, 15) is 13.2 Å². The van der Waals surface area contributed by atoms with Gasteiger partial charge in [0, 0.05) is 24.7 Å². The van der Waals surface area contributed by atoms with Crippen molar-refractivity contribution < 1.29 is 13.2 Å². The highest BCUT2D eigenvalue weighted by atomic mass is 35.5. The van der Waals surface area contributed by atoms with Gasteiger partial charge in [0.05, 0.1) is 4.34 Å². The maximum atomic E-state index is 12.6. The molecule has 8 heteroatoms. The van der Waals surface area contributed by atoms with Gasteiger partial charge in [0.25, 0.3) is 10.0 Å². The summed E-state index contributed by atoms with van der Waals surface area (Å²) in [7, 11) is -3.52. The van der Waals surface area contributed by atoms with Crippen LogP contribution in [-0.2, 0) is 14.8 Å². The number of rotatable bonds is 4. The van der Waals surface area contributed by atoms with Crippen LogP contribution >= 0.6 is 22.9 Å². The van der Waals surface area contributed by atoms with Crippen molar-refractivity contribution in [2.75, 3.05) is 18.4 Å². The summed E-state index contributed by atoms with van der Waals surface area (Å²) in [6, 6.07) is 10.7. The number of nitrogens with zero attached hydrogens (tertiary/aromatic N) is 1. The van der Waals surface area contributed by atoms with E-state index < -0.39 is 10.0 Å². The summed E-state index contributed by atoms with van der Waals surface area (Å²) in [5, 5.41) is 2.95. The molecule has 5 nitrogen and oxygen atoms in total. The lowest BCUT2D eigenvalue weighted by molar-refractivity contribution is -0.120. The smallest absolute Gasteiger partial charge is 0.252 e.